The van der Waals surface area contributed by atoms with Gasteiger partial charge in [-0.3, -0.25) is 4.79 Å². The number of amides is 1. The van der Waals surface area contributed by atoms with Gasteiger partial charge in [0, 0.05) is 49.4 Å². The van der Waals surface area contributed by atoms with Gasteiger partial charge in [0.1, 0.15) is 5.15 Å². The molecule has 1 fully saturated rings. The Hall–Kier alpha value is -3.15. The zero-order valence-electron chi connectivity index (χ0n) is 17.4. The molecule has 8 nitrogen and oxygen atoms in total. The number of nitrogens with zero attached hydrogens (tertiary/aromatic N) is 2. The molecular formula is C22H26ClN7O. The average Bonchev–Trinajstić information content (AvgIpc) is 3.32. The molecule has 9 heteroatoms. The first-order valence-corrected chi connectivity index (χ1v) is 10.6. The van der Waals surface area contributed by atoms with E-state index in [0.29, 0.717) is 24.5 Å². The zero-order chi connectivity index (χ0) is 22.1. The lowest BCUT2D eigenvalue weighted by Gasteiger charge is -2.10. The van der Waals surface area contributed by atoms with Crippen LogP contribution in [0.3, 0.4) is 0 Å². The van der Waals surface area contributed by atoms with Gasteiger partial charge in [0.25, 0.3) is 0 Å². The highest BCUT2D eigenvalue weighted by molar-refractivity contribution is 6.30. The number of hydrogen-bond acceptors (Lipinski definition) is 7. The third-order valence-electron chi connectivity index (χ3n) is 4.85. The number of carbonyl (C=O) groups is 1. The van der Waals surface area contributed by atoms with E-state index in [2.05, 4.69) is 43.1 Å². The van der Waals surface area contributed by atoms with E-state index in [9.17, 15) is 4.79 Å². The summed E-state index contributed by atoms with van der Waals surface area (Å²) in [7, 11) is 1.80. The summed E-state index contributed by atoms with van der Waals surface area (Å²) in [6, 6.07) is 5.49. The van der Waals surface area contributed by atoms with Crippen LogP contribution in [-0.2, 0) is 4.79 Å². The van der Waals surface area contributed by atoms with Crippen LogP contribution in [-0.4, -0.2) is 48.3 Å². The third kappa shape index (κ3) is 6.41. The summed E-state index contributed by atoms with van der Waals surface area (Å²) >= 11 is 6.26. The van der Waals surface area contributed by atoms with Crippen molar-refractivity contribution >= 4 is 41.0 Å². The molecule has 31 heavy (non-hydrogen) atoms. The largest absolute Gasteiger partial charge is 0.388 e. The van der Waals surface area contributed by atoms with Gasteiger partial charge in [0.2, 0.25) is 11.9 Å². The second kappa shape index (κ2) is 11.3. The Morgan fingerprint density at radius 3 is 3.03 bits per heavy atom. The Bertz CT molecular complexity index is 993. The van der Waals surface area contributed by atoms with Crippen molar-refractivity contribution in [3.63, 3.8) is 0 Å². The number of nitrogens with one attached hydrogen (secondary N) is 5. The highest BCUT2D eigenvalue weighted by Gasteiger charge is 2.20. The quantitative estimate of drug-likeness (QED) is 0.187. The maximum Gasteiger partial charge on any atom is 0.237 e. The van der Waals surface area contributed by atoms with E-state index < -0.39 is 0 Å². The van der Waals surface area contributed by atoms with Crippen LogP contribution in [0.25, 0.3) is 0 Å². The molecule has 1 aliphatic heterocycles. The maximum absolute atomic E-state index is 11.9. The predicted molar refractivity (Wildman–Crippen MR) is 124 cm³/mol. The molecule has 1 aromatic carbocycles. The van der Waals surface area contributed by atoms with Crippen LogP contribution in [0.5, 0.6) is 0 Å². The Balaban J connectivity index is 1.49. The van der Waals surface area contributed by atoms with Crippen molar-refractivity contribution in [3.8, 4) is 11.8 Å². The molecule has 1 atom stereocenters. The van der Waals surface area contributed by atoms with Crippen molar-refractivity contribution < 1.29 is 4.79 Å². The molecule has 0 saturated carbocycles. The molecule has 0 unspecified atom stereocenters. The van der Waals surface area contributed by atoms with Crippen molar-refractivity contribution in [2.75, 3.05) is 30.8 Å². The summed E-state index contributed by atoms with van der Waals surface area (Å²) in [5, 5.41) is 20.0. The van der Waals surface area contributed by atoms with Gasteiger partial charge in [-0.1, -0.05) is 23.4 Å². The zero-order valence-corrected chi connectivity index (χ0v) is 18.1. The van der Waals surface area contributed by atoms with Crippen molar-refractivity contribution in [2.45, 2.75) is 31.7 Å². The topological polar surface area (TPSA) is 115 Å². The Morgan fingerprint density at radius 1 is 1.45 bits per heavy atom. The van der Waals surface area contributed by atoms with Gasteiger partial charge in [-0.15, -0.1) is 0 Å². The fraction of sp³-hybridized carbons (Fsp3) is 0.364. The fourth-order valence-electron chi connectivity index (χ4n) is 3.19. The highest BCUT2D eigenvalue weighted by atomic mass is 35.5. The van der Waals surface area contributed by atoms with E-state index in [1.807, 2.05) is 18.2 Å². The van der Waals surface area contributed by atoms with Gasteiger partial charge < -0.3 is 26.7 Å². The summed E-state index contributed by atoms with van der Waals surface area (Å²) in [4.78, 5) is 20.4. The summed E-state index contributed by atoms with van der Waals surface area (Å²) in [6.07, 6.45) is 6.24. The molecule has 3 rings (SSSR count). The first-order valence-electron chi connectivity index (χ1n) is 10.2. The average molecular weight is 440 g/mol. The van der Waals surface area contributed by atoms with Crippen molar-refractivity contribution in [1.82, 2.24) is 20.6 Å². The molecule has 0 aliphatic carbocycles. The SMILES string of the molecule is CNc1cc(Nc2ncc(C#CCCCNC(=O)[C@@H]3CCCN3)c(Cl)n2)ccc1C=N. The molecule has 1 amide bonds. The molecule has 162 valence electrons. The minimum absolute atomic E-state index is 0.0482. The minimum Gasteiger partial charge on any atom is -0.388 e. The maximum atomic E-state index is 11.9. The normalized spacial score (nSPS) is 15.0. The molecule has 0 bridgehead atoms. The number of benzene rings is 1. The van der Waals surface area contributed by atoms with Crippen LogP contribution in [0.1, 0.15) is 36.8 Å². The lowest BCUT2D eigenvalue weighted by Crippen LogP contribution is -2.40. The molecule has 0 radical (unpaired) electrons. The fourth-order valence-corrected chi connectivity index (χ4v) is 3.36. The van der Waals surface area contributed by atoms with Gasteiger partial charge in [0.15, 0.2) is 0 Å². The van der Waals surface area contributed by atoms with E-state index in [1.165, 1.54) is 6.21 Å². The smallest absolute Gasteiger partial charge is 0.237 e. The van der Waals surface area contributed by atoms with E-state index in [1.54, 1.807) is 13.2 Å². The van der Waals surface area contributed by atoms with Gasteiger partial charge in [0.05, 0.1) is 11.6 Å². The standard InChI is InChI=1S/C22H26ClN7O/c1-25-19-12-17(9-8-15(19)13-24)29-22-28-14-16(20(23)30-22)6-3-2-4-10-27-21(31)18-7-5-11-26-18/h8-9,12-14,18,24-26H,2,4-5,7,10-11H2,1H3,(H,27,31)(H,28,29,30)/t18-/m0/s1. The van der Waals surface area contributed by atoms with Gasteiger partial charge >= 0.3 is 0 Å². The molecule has 5 N–H and O–H groups in total. The minimum atomic E-state index is -0.0482. The number of rotatable bonds is 8. The summed E-state index contributed by atoms with van der Waals surface area (Å²) < 4.78 is 0. The predicted octanol–water partition coefficient (Wildman–Crippen LogP) is 2.91. The molecule has 1 saturated heterocycles. The van der Waals surface area contributed by atoms with E-state index in [4.69, 9.17) is 17.0 Å². The monoisotopic (exact) mass is 439 g/mol. The lowest BCUT2D eigenvalue weighted by molar-refractivity contribution is -0.122. The second-order valence-corrected chi connectivity index (χ2v) is 7.42. The summed E-state index contributed by atoms with van der Waals surface area (Å²) in [5.41, 5.74) is 2.94. The number of aromatic nitrogens is 2. The summed E-state index contributed by atoms with van der Waals surface area (Å²) in [5.74, 6) is 6.47. The number of carbonyl (C=O) groups excluding carboxylic acids is 1. The van der Waals surface area contributed by atoms with Crippen LogP contribution in [0.4, 0.5) is 17.3 Å². The first kappa shape index (κ1) is 22.5. The molecule has 2 heterocycles. The molecule has 0 spiro atoms. The second-order valence-electron chi connectivity index (χ2n) is 7.06. The molecule has 1 aliphatic rings. The number of halogens is 1. The Kier molecular flexibility index (Phi) is 8.21. The molecule has 1 aromatic heterocycles. The first-order chi connectivity index (χ1) is 15.1. The van der Waals surface area contributed by atoms with Crippen molar-refractivity contribution in [2.24, 2.45) is 0 Å². The molecular weight excluding hydrogens is 414 g/mol. The summed E-state index contributed by atoms with van der Waals surface area (Å²) in [6.45, 7) is 1.51. The van der Waals surface area contributed by atoms with Crippen molar-refractivity contribution in [3.05, 3.63) is 40.7 Å². The van der Waals surface area contributed by atoms with E-state index in [-0.39, 0.29) is 17.1 Å². The van der Waals surface area contributed by atoms with Crippen LogP contribution in [0, 0.1) is 17.3 Å². The van der Waals surface area contributed by atoms with Gasteiger partial charge in [-0.25, -0.2) is 4.98 Å². The third-order valence-corrected chi connectivity index (χ3v) is 5.14. The van der Waals surface area contributed by atoms with Crippen LogP contribution < -0.4 is 21.3 Å². The number of anilines is 3. The van der Waals surface area contributed by atoms with Gasteiger partial charge in [-0.2, -0.15) is 4.98 Å². The van der Waals surface area contributed by atoms with Crippen molar-refractivity contribution in [1.29, 1.82) is 5.41 Å². The number of unbranched alkanes of at least 4 members (excludes halogenated alkanes) is 1. The highest BCUT2D eigenvalue weighted by Crippen LogP contribution is 2.22. The van der Waals surface area contributed by atoms with E-state index >= 15 is 0 Å². The Morgan fingerprint density at radius 2 is 2.32 bits per heavy atom. The van der Waals surface area contributed by atoms with Crippen LogP contribution in [0.2, 0.25) is 5.15 Å². The Labute approximate surface area is 187 Å². The van der Waals surface area contributed by atoms with Crippen LogP contribution >= 0.6 is 11.6 Å². The van der Waals surface area contributed by atoms with Gasteiger partial charge in [-0.05, 0) is 44.0 Å². The number of hydrogen-bond donors (Lipinski definition) is 5. The molecule has 2 aromatic rings. The van der Waals surface area contributed by atoms with E-state index in [0.717, 1.165) is 42.7 Å². The van der Waals surface area contributed by atoms with Crippen LogP contribution in [0.15, 0.2) is 24.4 Å². The lowest BCUT2D eigenvalue weighted by atomic mass is 10.1.